The highest BCUT2D eigenvalue weighted by atomic mass is 16.6. The van der Waals surface area contributed by atoms with Crippen LogP contribution in [0.1, 0.15) is 303 Å². The minimum absolute atomic E-state index is 0.0906. The Morgan fingerprint density at radius 3 is 0.818 bits per heavy atom. The van der Waals surface area contributed by atoms with Crippen LogP contribution in [0.15, 0.2) is 109 Å². The van der Waals surface area contributed by atoms with E-state index in [1.165, 1.54) is 128 Å². The first-order chi connectivity index (χ1) is 38.0. The zero-order chi connectivity index (χ0) is 55.7. The van der Waals surface area contributed by atoms with Crippen LogP contribution >= 0.6 is 0 Å². The van der Waals surface area contributed by atoms with E-state index < -0.39 is 6.10 Å². The fraction of sp³-hybridized carbons (Fsp3) is 0.704. The van der Waals surface area contributed by atoms with E-state index in [1.807, 2.05) is 0 Å². The van der Waals surface area contributed by atoms with Gasteiger partial charge in [-0.15, -0.1) is 0 Å². The van der Waals surface area contributed by atoms with E-state index in [9.17, 15) is 14.4 Å². The lowest BCUT2D eigenvalue weighted by Crippen LogP contribution is -2.30. The smallest absolute Gasteiger partial charge is 0.306 e. The molecule has 0 saturated heterocycles. The van der Waals surface area contributed by atoms with Crippen molar-refractivity contribution in [2.45, 2.75) is 309 Å². The van der Waals surface area contributed by atoms with Crippen molar-refractivity contribution in [3.63, 3.8) is 0 Å². The third-order valence-corrected chi connectivity index (χ3v) is 13.7. The summed E-state index contributed by atoms with van der Waals surface area (Å²) < 4.78 is 16.9. The van der Waals surface area contributed by atoms with Crippen LogP contribution in [0.3, 0.4) is 0 Å². The number of esters is 3. The highest BCUT2D eigenvalue weighted by Crippen LogP contribution is 2.15. The average molecular weight is 1070 g/mol. The second-order valence-corrected chi connectivity index (χ2v) is 21.3. The summed E-state index contributed by atoms with van der Waals surface area (Å²) in [5.74, 6) is -0.913. The maximum absolute atomic E-state index is 12.9. The first-order valence-corrected chi connectivity index (χ1v) is 32.4. The van der Waals surface area contributed by atoms with Crippen molar-refractivity contribution >= 4 is 17.9 Å². The second kappa shape index (κ2) is 64.6. The Morgan fingerprint density at radius 2 is 0.506 bits per heavy atom. The third-order valence-electron chi connectivity index (χ3n) is 13.7. The van der Waals surface area contributed by atoms with Gasteiger partial charge in [0.25, 0.3) is 0 Å². The molecule has 0 amide bonds. The number of hydrogen-bond donors (Lipinski definition) is 0. The number of carbonyl (C=O) groups is 3. The van der Waals surface area contributed by atoms with Crippen LogP contribution < -0.4 is 0 Å². The Bertz CT molecular complexity index is 1560. The van der Waals surface area contributed by atoms with Gasteiger partial charge in [0.2, 0.25) is 0 Å². The molecule has 6 nitrogen and oxygen atoms in total. The quantitative estimate of drug-likeness (QED) is 0.0261. The van der Waals surface area contributed by atoms with Gasteiger partial charge in [0, 0.05) is 19.3 Å². The van der Waals surface area contributed by atoms with Crippen molar-refractivity contribution in [1.82, 2.24) is 0 Å². The largest absolute Gasteiger partial charge is 0.462 e. The van der Waals surface area contributed by atoms with Gasteiger partial charge < -0.3 is 14.2 Å². The lowest BCUT2D eigenvalue weighted by Gasteiger charge is -2.18. The van der Waals surface area contributed by atoms with Crippen molar-refractivity contribution in [2.24, 2.45) is 0 Å². The van der Waals surface area contributed by atoms with Crippen LogP contribution in [-0.2, 0) is 28.6 Å². The summed E-state index contributed by atoms with van der Waals surface area (Å²) in [5, 5.41) is 0. The highest BCUT2D eigenvalue weighted by Gasteiger charge is 2.19. The maximum atomic E-state index is 12.9. The van der Waals surface area contributed by atoms with E-state index in [1.54, 1.807) is 0 Å². The van der Waals surface area contributed by atoms with Crippen molar-refractivity contribution < 1.29 is 28.6 Å². The van der Waals surface area contributed by atoms with Crippen molar-refractivity contribution in [3.05, 3.63) is 109 Å². The maximum Gasteiger partial charge on any atom is 0.306 e. The molecule has 0 aliphatic heterocycles. The average Bonchev–Trinajstić information content (AvgIpc) is 3.43. The topological polar surface area (TPSA) is 78.9 Å². The van der Waals surface area contributed by atoms with Gasteiger partial charge in [0.1, 0.15) is 13.2 Å². The van der Waals surface area contributed by atoms with Crippen LogP contribution in [-0.4, -0.2) is 37.2 Å². The van der Waals surface area contributed by atoms with Crippen molar-refractivity contribution in [1.29, 1.82) is 0 Å². The molecule has 0 saturated carbocycles. The van der Waals surface area contributed by atoms with E-state index in [2.05, 4.69) is 130 Å². The Balaban J connectivity index is 4.38. The minimum atomic E-state index is -0.795. The van der Waals surface area contributed by atoms with Gasteiger partial charge in [-0.05, 0) is 128 Å². The predicted molar refractivity (Wildman–Crippen MR) is 334 cm³/mol. The van der Waals surface area contributed by atoms with Crippen LogP contribution in [0.4, 0.5) is 0 Å². The molecule has 0 aromatic heterocycles. The molecule has 0 aliphatic rings. The molecule has 1 atom stereocenters. The summed E-state index contributed by atoms with van der Waals surface area (Å²) in [6.07, 6.45) is 88.0. The molecular weight excluding hydrogens is 949 g/mol. The number of rotatable bonds is 58. The molecule has 0 heterocycles. The zero-order valence-electron chi connectivity index (χ0n) is 50.4. The van der Waals surface area contributed by atoms with Gasteiger partial charge in [-0.25, -0.2) is 0 Å². The SMILES string of the molecule is CC/C=C\C/C=C\C/C=C\C/C=C\C/C=C\C/C=C\CCCCCCCCCCC(=O)OCC(COC(=O)CCCCCCC/C=C\CCCCCCCCC)OC(=O)CCCCCCC/C=C\C/C=C\CCCCCC. The summed E-state index contributed by atoms with van der Waals surface area (Å²) in [7, 11) is 0. The lowest BCUT2D eigenvalue weighted by molar-refractivity contribution is -0.167. The van der Waals surface area contributed by atoms with Gasteiger partial charge in [-0.1, -0.05) is 265 Å². The Morgan fingerprint density at radius 1 is 0.273 bits per heavy atom. The molecule has 0 bridgehead atoms. The van der Waals surface area contributed by atoms with Crippen molar-refractivity contribution in [3.8, 4) is 0 Å². The van der Waals surface area contributed by atoms with Gasteiger partial charge in [0.15, 0.2) is 6.10 Å². The summed E-state index contributed by atoms with van der Waals surface area (Å²) in [6, 6.07) is 0. The van der Waals surface area contributed by atoms with Gasteiger partial charge in [-0.3, -0.25) is 14.4 Å². The fourth-order valence-corrected chi connectivity index (χ4v) is 8.88. The van der Waals surface area contributed by atoms with E-state index in [4.69, 9.17) is 14.2 Å². The molecule has 1 unspecified atom stereocenters. The number of ether oxygens (including phenoxy) is 3. The zero-order valence-corrected chi connectivity index (χ0v) is 50.4. The molecule has 0 N–H and O–H groups in total. The van der Waals surface area contributed by atoms with Gasteiger partial charge in [0.05, 0.1) is 0 Å². The van der Waals surface area contributed by atoms with Gasteiger partial charge >= 0.3 is 17.9 Å². The fourth-order valence-electron chi connectivity index (χ4n) is 8.88. The Labute approximate surface area is 476 Å². The molecule has 0 fully saturated rings. The molecule has 0 spiro atoms. The number of unbranched alkanes of at least 4 members (excludes halogenated alkanes) is 29. The van der Waals surface area contributed by atoms with E-state index in [0.29, 0.717) is 19.3 Å². The highest BCUT2D eigenvalue weighted by molar-refractivity contribution is 5.71. The lowest BCUT2D eigenvalue weighted by atomic mass is 10.1. The Kier molecular flexibility index (Phi) is 61.3. The number of allylic oxidation sites excluding steroid dienone is 18. The molecule has 77 heavy (non-hydrogen) atoms. The van der Waals surface area contributed by atoms with Crippen LogP contribution in [0.25, 0.3) is 0 Å². The molecule has 6 heteroatoms. The van der Waals surface area contributed by atoms with Crippen LogP contribution in [0, 0.1) is 0 Å². The molecule has 0 aliphatic carbocycles. The molecule has 0 radical (unpaired) electrons. The number of carbonyl (C=O) groups excluding carboxylic acids is 3. The molecular formula is C71H120O6. The van der Waals surface area contributed by atoms with Gasteiger partial charge in [-0.2, -0.15) is 0 Å². The van der Waals surface area contributed by atoms with Crippen LogP contribution in [0.5, 0.6) is 0 Å². The monoisotopic (exact) mass is 1070 g/mol. The summed E-state index contributed by atoms with van der Waals surface area (Å²) in [4.78, 5) is 38.3. The van der Waals surface area contributed by atoms with Crippen LogP contribution in [0.2, 0.25) is 0 Å². The second-order valence-electron chi connectivity index (χ2n) is 21.3. The summed E-state index contributed by atoms with van der Waals surface area (Å²) in [6.45, 7) is 6.50. The van der Waals surface area contributed by atoms with Crippen molar-refractivity contribution in [2.75, 3.05) is 13.2 Å². The first kappa shape index (κ1) is 73.1. The van der Waals surface area contributed by atoms with E-state index >= 15 is 0 Å². The summed E-state index contributed by atoms with van der Waals surface area (Å²) in [5.41, 5.74) is 0. The Hall–Kier alpha value is -3.93. The predicted octanol–water partition coefficient (Wildman–Crippen LogP) is 22.2. The molecule has 0 aromatic rings. The minimum Gasteiger partial charge on any atom is -0.462 e. The third kappa shape index (κ3) is 62.8. The molecule has 0 aromatic carbocycles. The first-order valence-electron chi connectivity index (χ1n) is 32.4. The molecule has 440 valence electrons. The van der Waals surface area contributed by atoms with E-state index in [-0.39, 0.29) is 31.1 Å². The standard InChI is InChI=1S/C71H120O6/c1-4-7-10-13-16-19-22-25-28-31-32-33-34-35-36-37-38-39-40-41-44-46-49-52-55-58-61-64-70(73)76-67-68(77-71(74)65-62-59-56-53-50-47-43-30-27-24-21-18-15-12-9-6-3)66-75-69(72)63-60-57-54-51-48-45-42-29-26-23-20-17-14-11-8-5-2/h7,10,16,19,21,24-25,28-30,32-33,35-36,38-39,42-43,68H,4-6,8-9,11-15,17-18,20,22-23,26-27,31,34,37,40-41,44-67H2,1-3H3/b10-7-,19-16-,24-21-,28-25-,33-32-,36-35-,39-38-,42-29-,43-30-. The number of hydrogen-bond acceptors (Lipinski definition) is 6. The van der Waals surface area contributed by atoms with E-state index in [0.717, 1.165) is 135 Å². The molecule has 0 rings (SSSR count). The summed E-state index contributed by atoms with van der Waals surface area (Å²) >= 11 is 0. The normalized spacial score (nSPS) is 12.8.